The maximum atomic E-state index is 12.4. The zero-order valence-electron chi connectivity index (χ0n) is 13.7. The Morgan fingerprint density at radius 1 is 1.18 bits per heavy atom. The fourth-order valence-corrected chi connectivity index (χ4v) is 2.01. The van der Waals surface area contributed by atoms with Crippen LogP contribution in [-0.2, 0) is 0 Å². The van der Waals surface area contributed by atoms with Crippen molar-refractivity contribution < 1.29 is 4.79 Å². The van der Waals surface area contributed by atoms with Gasteiger partial charge in [-0.3, -0.25) is 4.79 Å². The highest BCUT2D eigenvalue weighted by atomic mass is 35.5. The summed E-state index contributed by atoms with van der Waals surface area (Å²) >= 11 is 0. The molecule has 0 amide bonds. The highest BCUT2D eigenvalue weighted by Crippen LogP contribution is 2.22. The van der Waals surface area contributed by atoms with Crippen molar-refractivity contribution in [1.82, 2.24) is 0 Å². The summed E-state index contributed by atoms with van der Waals surface area (Å²) in [4.78, 5) is 14.5. The highest BCUT2D eigenvalue weighted by molar-refractivity contribution is 6.00. The Morgan fingerprint density at radius 2 is 1.64 bits per heavy atom. The number of nitrogens with zero attached hydrogens (tertiary/aromatic N) is 1. The molecule has 4 heteroatoms. The van der Waals surface area contributed by atoms with Gasteiger partial charge in [0.05, 0.1) is 6.04 Å². The lowest BCUT2D eigenvalue weighted by atomic mass is 9.83. The quantitative estimate of drug-likeness (QED) is 0.613. The van der Waals surface area contributed by atoms with E-state index in [1.807, 2.05) is 57.2 Å². The van der Waals surface area contributed by atoms with Crippen molar-refractivity contribution in [3.8, 4) is 0 Å². The van der Waals surface area contributed by atoms with Gasteiger partial charge in [0.25, 0.3) is 0 Å². The van der Waals surface area contributed by atoms with Crippen LogP contribution in [0.4, 0.5) is 5.69 Å². The van der Waals surface area contributed by atoms with E-state index >= 15 is 0 Å². The number of benzene rings is 1. The van der Waals surface area contributed by atoms with Gasteiger partial charge in [-0.05, 0) is 29.7 Å². The molecule has 1 aromatic rings. The summed E-state index contributed by atoms with van der Waals surface area (Å²) in [7, 11) is 0. The summed E-state index contributed by atoms with van der Waals surface area (Å²) in [6.07, 6.45) is 3.69. The number of ketones is 1. The number of rotatable bonds is 7. The lowest BCUT2D eigenvalue weighted by Gasteiger charge is -2.26. The first-order chi connectivity index (χ1) is 9.81. The number of hydrogen-bond acceptors (Lipinski definition) is 3. The molecule has 0 spiro atoms. The molecule has 3 nitrogen and oxygen atoms in total. The van der Waals surface area contributed by atoms with E-state index in [-0.39, 0.29) is 23.6 Å². The van der Waals surface area contributed by atoms with Crippen molar-refractivity contribution >= 4 is 23.9 Å². The van der Waals surface area contributed by atoms with Crippen LogP contribution < -0.4 is 10.6 Å². The van der Waals surface area contributed by atoms with Gasteiger partial charge in [0.2, 0.25) is 0 Å². The van der Waals surface area contributed by atoms with Crippen LogP contribution in [0.25, 0.3) is 0 Å². The molecular weight excluding hydrogens is 296 g/mol. The third-order valence-corrected chi connectivity index (χ3v) is 3.43. The molecule has 1 rings (SSSR count). The molecule has 2 N–H and O–H groups in total. The largest absolute Gasteiger partial charge is 0.364 e. The molecule has 122 valence electrons. The number of halogens is 1. The average Bonchev–Trinajstić information content (AvgIpc) is 2.45. The number of Topliss-reactive ketones (excluding diaryl/α,β-unsaturated/α-hetero) is 1. The smallest absolute Gasteiger partial charge is 0.180 e. The number of anilines is 1. The average molecular weight is 323 g/mol. The third-order valence-electron chi connectivity index (χ3n) is 3.43. The Kier molecular flexibility index (Phi) is 8.13. The van der Waals surface area contributed by atoms with E-state index in [9.17, 15) is 4.79 Å². The van der Waals surface area contributed by atoms with E-state index in [2.05, 4.69) is 18.1 Å². The predicted octanol–water partition coefficient (Wildman–Crippen LogP) is 3.84. The lowest BCUT2D eigenvalue weighted by Crippen LogP contribution is -2.42. The van der Waals surface area contributed by atoms with Crippen LogP contribution in [0.3, 0.4) is 0 Å². The molecule has 0 bridgehead atoms. The standard InChI is InChI=1S/C18H26N2O.ClH/c1-6-12-20(13-7-2)15-10-8-14(9-11-15)16(21)17(19)18(3,4)5;/h6-11,17H,1-2,12-13,19H2,3-5H3;1H. The Balaban J connectivity index is 0.00000441. The molecule has 0 aliphatic heterocycles. The fraction of sp³-hybridized carbons (Fsp3) is 0.389. The van der Waals surface area contributed by atoms with Gasteiger partial charge in [-0.2, -0.15) is 0 Å². The second-order valence-corrected chi connectivity index (χ2v) is 6.24. The summed E-state index contributed by atoms with van der Waals surface area (Å²) in [6, 6.07) is 7.05. The van der Waals surface area contributed by atoms with Crippen LogP contribution in [0.2, 0.25) is 0 Å². The summed E-state index contributed by atoms with van der Waals surface area (Å²) in [5.41, 5.74) is 7.48. The van der Waals surface area contributed by atoms with Crippen LogP contribution in [0.1, 0.15) is 31.1 Å². The minimum Gasteiger partial charge on any atom is -0.364 e. The molecule has 1 aromatic carbocycles. The van der Waals surface area contributed by atoms with E-state index in [1.54, 1.807) is 0 Å². The Morgan fingerprint density at radius 3 is 2.00 bits per heavy atom. The third kappa shape index (κ3) is 5.32. The van der Waals surface area contributed by atoms with Gasteiger partial charge in [0.15, 0.2) is 5.78 Å². The zero-order valence-corrected chi connectivity index (χ0v) is 14.5. The molecule has 0 aliphatic rings. The summed E-state index contributed by atoms with van der Waals surface area (Å²) in [5, 5.41) is 0. The van der Waals surface area contributed by atoms with Crippen LogP contribution in [0.5, 0.6) is 0 Å². The molecule has 0 saturated carbocycles. The Labute approximate surface area is 140 Å². The maximum absolute atomic E-state index is 12.4. The van der Waals surface area contributed by atoms with E-state index < -0.39 is 6.04 Å². The number of hydrogen-bond donors (Lipinski definition) is 1. The topological polar surface area (TPSA) is 46.3 Å². The molecule has 0 fully saturated rings. The van der Waals surface area contributed by atoms with Gasteiger partial charge in [-0.15, -0.1) is 25.6 Å². The molecule has 0 aromatic heterocycles. The minimum atomic E-state index is -0.499. The van der Waals surface area contributed by atoms with Gasteiger partial charge < -0.3 is 10.6 Å². The molecule has 0 aliphatic carbocycles. The van der Waals surface area contributed by atoms with Crippen LogP contribution in [0.15, 0.2) is 49.6 Å². The van der Waals surface area contributed by atoms with E-state index in [1.165, 1.54) is 0 Å². The van der Waals surface area contributed by atoms with Crippen molar-refractivity contribution in [3.63, 3.8) is 0 Å². The fourth-order valence-electron chi connectivity index (χ4n) is 2.01. The minimum absolute atomic E-state index is 0. The van der Waals surface area contributed by atoms with Gasteiger partial charge in [0, 0.05) is 24.3 Å². The second-order valence-electron chi connectivity index (χ2n) is 6.24. The molecular formula is C18H27ClN2O. The summed E-state index contributed by atoms with van der Waals surface area (Å²) in [6.45, 7) is 14.9. The molecule has 1 unspecified atom stereocenters. The monoisotopic (exact) mass is 322 g/mol. The van der Waals surface area contributed by atoms with Crippen LogP contribution in [-0.4, -0.2) is 24.9 Å². The first-order valence-corrected chi connectivity index (χ1v) is 7.18. The molecule has 22 heavy (non-hydrogen) atoms. The number of carbonyl (C=O) groups excluding carboxylic acids is 1. The Bertz CT molecular complexity index is 493. The van der Waals surface area contributed by atoms with E-state index in [0.717, 1.165) is 18.8 Å². The Hall–Kier alpha value is -1.58. The summed E-state index contributed by atoms with van der Waals surface area (Å²) < 4.78 is 0. The number of carbonyl (C=O) groups is 1. The van der Waals surface area contributed by atoms with Crippen molar-refractivity contribution in [2.24, 2.45) is 11.1 Å². The van der Waals surface area contributed by atoms with Crippen molar-refractivity contribution in [2.45, 2.75) is 26.8 Å². The zero-order chi connectivity index (χ0) is 16.0. The van der Waals surface area contributed by atoms with E-state index in [0.29, 0.717) is 5.56 Å². The molecule has 0 radical (unpaired) electrons. The highest BCUT2D eigenvalue weighted by Gasteiger charge is 2.28. The molecule has 1 atom stereocenters. The second kappa shape index (κ2) is 8.76. The van der Waals surface area contributed by atoms with Crippen LogP contribution in [0, 0.1) is 5.41 Å². The maximum Gasteiger partial charge on any atom is 0.180 e. The normalized spacial score (nSPS) is 12.0. The number of nitrogens with two attached hydrogens (primary N) is 1. The van der Waals surface area contributed by atoms with Crippen molar-refractivity contribution in [2.75, 3.05) is 18.0 Å². The first-order valence-electron chi connectivity index (χ1n) is 7.18. The van der Waals surface area contributed by atoms with E-state index in [4.69, 9.17) is 5.73 Å². The van der Waals surface area contributed by atoms with Gasteiger partial charge in [-0.25, -0.2) is 0 Å². The SMILES string of the molecule is C=CCN(CC=C)c1ccc(C(=O)C(N)C(C)(C)C)cc1.Cl. The van der Waals surface area contributed by atoms with Crippen molar-refractivity contribution in [3.05, 3.63) is 55.1 Å². The predicted molar refractivity (Wildman–Crippen MR) is 98.1 cm³/mol. The lowest BCUT2D eigenvalue weighted by molar-refractivity contribution is 0.0901. The van der Waals surface area contributed by atoms with Gasteiger partial charge in [-0.1, -0.05) is 32.9 Å². The van der Waals surface area contributed by atoms with Crippen molar-refractivity contribution in [1.29, 1.82) is 0 Å². The van der Waals surface area contributed by atoms with Gasteiger partial charge in [0.1, 0.15) is 0 Å². The first kappa shape index (κ1) is 20.4. The molecule has 0 saturated heterocycles. The summed E-state index contributed by atoms with van der Waals surface area (Å²) in [5.74, 6) is -0.0203. The van der Waals surface area contributed by atoms with Gasteiger partial charge >= 0.3 is 0 Å². The molecule has 0 heterocycles. The van der Waals surface area contributed by atoms with Crippen LogP contribution >= 0.6 is 12.4 Å².